The first-order chi connectivity index (χ1) is 9.71. The van der Waals surface area contributed by atoms with Gasteiger partial charge in [0, 0.05) is 10.2 Å². The molecule has 0 spiro atoms. The molecule has 1 unspecified atom stereocenters. The molecule has 0 bridgehead atoms. The number of nitrogens with one attached hydrogen (secondary N) is 1. The van der Waals surface area contributed by atoms with Crippen molar-refractivity contribution < 1.29 is 5.11 Å². The molecule has 2 N–H and O–H groups in total. The second kappa shape index (κ2) is 5.58. The maximum atomic E-state index is 9.92. The van der Waals surface area contributed by atoms with Crippen LogP contribution in [0.3, 0.4) is 0 Å². The van der Waals surface area contributed by atoms with Gasteiger partial charge in [-0.25, -0.2) is 0 Å². The van der Waals surface area contributed by atoms with Crippen molar-refractivity contribution in [1.82, 2.24) is 0 Å². The minimum atomic E-state index is -0.255. The fourth-order valence-electron chi connectivity index (χ4n) is 2.95. The molecule has 0 saturated carbocycles. The van der Waals surface area contributed by atoms with Gasteiger partial charge in [0.15, 0.2) is 0 Å². The fraction of sp³-hybridized carbons (Fsp3) is 0.294. The van der Waals surface area contributed by atoms with Crippen molar-refractivity contribution >= 4 is 21.6 Å². The average molecular weight is 332 g/mol. The lowest BCUT2D eigenvalue weighted by atomic mass is 9.78. The number of benzene rings is 2. The van der Waals surface area contributed by atoms with Gasteiger partial charge < -0.3 is 10.4 Å². The van der Waals surface area contributed by atoms with Crippen LogP contribution in [0, 0.1) is 0 Å². The van der Waals surface area contributed by atoms with Crippen molar-refractivity contribution in [3.63, 3.8) is 0 Å². The molecule has 2 aromatic carbocycles. The Morgan fingerprint density at radius 3 is 2.65 bits per heavy atom. The highest BCUT2D eigenvalue weighted by Gasteiger charge is 2.33. The Morgan fingerprint density at radius 1 is 1.10 bits per heavy atom. The lowest BCUT2D eigenvalue weighted by molar-refractivity contribution is 0.196. The Kier molecular flexibility index (Phi) is 3.81. The molecular weight excluding hydrogens is 314 g/mol. The highest BCUT2D eigenvalue weighted by Crippen LogP contribution is 2.32. The molecule has 2 aromatic rings. The van der Waals surface area contributed by atoms with E-state index in [-0.39, 0.29) is 12.1 Å². The van der Waals surface area contributed by atoms with Crippen LogP contribution < -0.4 is 5.32 Å². The summed E-state index contributed by atoms with van der Waals surface area (Å²) in [5.41, 5.74) is 3.55. The van der Waals surface area contributed by atoms with Crippen LogP contribution in [0.1, 0.15) is 17.5 Å². The molecule has 2 nitrogen and oxygen atoms in total. The number of halogens is 1. The van der Waals surface area contributed by atoms with Crippen molar-refractivity contribution in [3.8, 4) is 0 Å². The standard InChI is InChI=1S/C17H18BrNO/c18-15-6-3-7-16(10-15)19-17(12-20)9-8-13-4-1-2-5-14(13)11-17/h1-7,10,19-20H,8-9,11-12H2. The van der Waals surface area contributed by atoms with Gasteiger partial charge in [-0.1, -0.05) is 46.3 Å². The number of rotatable bonds is 3. The minimum absolute atomic E-state index is 0.147. The first kappa shape index (κ1) is 13.7. The molecule has 0 saturated heterocycles. The molecule has 3 heteroatoms. The van der Waals surface area contributed by atoms with Gasteiger partial charge in [0.25, 0.3) is 0 Å². The maximum absolute atomic E-state index is 9.92. The van der Waals surface area contributed by atoms with Crippen LogP contribution in [-0.4, -0.2) is 17.3 Å². The van der Waals surface area contributed by atoms with Crippen LogP contribution >= 0.6 is 15.9 Å². The van der Waals surface area contributed by atoms with E-state index in [1.54, 1.807) is 0 Å². The Balaban J connectivity index is 1.86. The monoisotopic (exact) mass is 331 g/mol. The summed E-state index contributed by atoms with van der Waals surface area (Å²) in [4.78, 5) is 0. The normalized spacial score (nSPS) is 21.3. The van der Waals surface area contributed by atoms with Gasteiger partial charge in [-0.15, -0.1) is 0 Å². The zero-order valence-corrected chi connectivity index (χ0v) is 12.9. The number of aryl methyl sites for hydroxylation is 1. The highest BCUT2D eigenvalue weighted by molar-refractivity contribution is 9.10. The van der Waals surface area contributed by atoms with Gasteiger partial charge in [-0.3, -0.25) is 0 Å². The van der Waals surface area contributed by atoms with Gasteiger partial charge in [0.05, 0.1) is 12.1 Å². The topological polar surface area (TPSA) is 32.3 Å². The van der Waals surface area contributed by atoms with E-state index in [0.717, 1.165) is 29.4 Å². The van der Waals surface area contributed by atoms with E-state index in [2.05, 4.69) is 51.6 Å². The molecule has 1 aliphatic carbocycles. The minimum Gasteiger partial charge on any atom is -0.394 e. The first-order valence-corrected chi connectivity index (χ1v) is 7.71. The number of aliphatic hydroxyl groups excluding tert-OH is 1. The van der Waals surface area contributed by atoms with E-state index in [4.69, 9.17) is 0 Å². The van der Waals surface area contributed by atoms with Gasteiger partial charge in [-0.05, 0) is 48.6 Å². The van der Waals surface area contributed by atoms with Gasteiger partial charge in [0.1, 0.15) is 0 Å². The molecule has 1 atom stereocenters. The van der Waals surface area contributed by atoms with Crippen LogP contribution in [0.15, 0.2) is 53.0 Å². The SMILES string of the molecule is OCC1(Nc2cccc(Br)c2)CCc2ccccc2C1. The molecule has 0 heterocycles. The van der Waals surface area contributed by atoms with Crippen molar-refractivity contribution in [2.24, 2.45) is 0 Å². The molecule has 0 aliphatic heterocycles. The summed E-state index contributed by atoms with van der Waals surface area (Å²) in [7, 11) is 0. The molecule has 0 aromatic heterocycles. The number of aliphatic hydroxyl groups is 1. The molecule has 1 aliphatic rings. The molecule has 104 valence electrons. The summed E-state index contributed by atoms with van der Waals surface area (Å²) < 4.78 is 1.05. The Bertz CT molecular complexity index is 613. The Labute approximate surface area is 128 Å². The molecular formula is C17H18BrNO. The van der Waals surface area contributed by atoms with Crippen molar-refractivity contribution in [1.29, 1.82) is 0 Å². The summed E-state index contributed by atoms with van der Waals surface area (Å²) in [6.07, 6.45) is 2.83. The molecule has 0 amide bonds. The van der Waals surface area contributed by atoms with E-state index in [1.165, 1.54) is 11.1 Å². The van der Waals surface area contributed by atoms with E-state index in [0.29, 0.717) is 0 Å². The van der Waals surface area contributed by atoms with Crippen LogP contribution in [0.25, 0.3) is 0 Å². The van der Waals surface area contributed by atoms with E-state index in [1.807, 2.05) is 18.2 Å². The number of fused-ring (bicyclic) bond motifs is 1. The van der Waals surface area contributed by atoms with Crippen molar-refractivity contribution in [2.75, 3.05) is 11.9 Å². The Hall–Kier alpha value is -1.32. The predicted molar refractivity (Wildman–Crippen MR) is 86.0 cm³/mol. The molecule has 20 heavy (non-hydrogen) atoms. The third-order valence-electron chi connectivity index (χ3n) is 4.06. The fourth-order valence-corrected chi connectivity index (χ4v) is 3.35. The molecule has 0 fully saturated rings. The summed E-state index contributed by atoms with van der Waals surface area (Å²) >= 11 is 3.49. The number of hydrogen-bond acceptors (Lipinski definition) is 2. The average Bonchev–Trinajstić information content (AvgIpc) is 2.47. The van der Waals surface area contributed by atoms with E-state index >= 15 is 0 Å². The third kappa shape index (κ3) is 2.74. The highest BCUT2D eigenvalue weighted by atomic mass is 79.9. The van der Waals surface area contributed by atoms with E-state index in [9.17, 15) is 5.11 Å². The van der Waals surface area contributed by atoms with Gasteiger partial charge in [0.2, 0.25) is 0 Å². The van der Waals surface area contributed by atoms with Crippen molar-refractivity contribution in [2.45, 2.75) is 24.8 Å². The second-order valence-corrected chi connectivity index (χ2v) is 6.43. The zero-order chi connectivity index (χ0) is 14.0. The quantitative estimate of drug-likeness (QED) is 0.897. The molecule has 3 rings (SSSR count). The predicted octanol–water partition coefficient (Wildman–Crippen LogP) is 3.78. The Morgan fingerprint density at radius 2 is 1.90 bits per heavy atom. The van der Waals surface area contributed by atoms with Gasteiger partial charge >= 0.3 is 0 Å². The van der Waals surface area contributed by atoms with Crippen LogP contribution in [0.4, 0.5) is 5.69 Å². The molecule has 0 radical (unpaired) electrons. The van der Waals surface area contributed by atoms with Crippen LogP contribution in [-0.2, 0) is 12.8 Å². The summed E-state index contributed by atoms with van der Waals surface area (Å²) in [5, 5.41) is 13.5. The summed E-state index contributed by atoms with van der Waals surface area (Å²) in [6, 6.07) is 16.6. The maximum Gasteiger partial charge on any atom is 0.0664 e. The second-order valence-electron chi connectivity index (χ2n) is 5.52. The zero-order valence-electron chi connectivity index (χ0n) is 11.3. The lowest BCUT2D eigenvalue weighted by Gasteiger charge is -2.38. The third-order valence-corrected chi connectivity index (χ3v) is 4.55. The summed E-state index contributed by atoms with van der Waals surface area (Å²) in [6.45, 7) is 0.147. The van der Waals surface area contributed by atoms with Gasteiger partial charge in [-0.2, -0.15) is 0 Å². The van der Waals surface area contributed by atoms with E-state index < -0.39 is 0 Å². The van der Waals surface area contributed by atoms with Crippen molar-refractivity contribution in [3.05, 3.63) is 64.1 Å². The number of hydrogen-bond donors (Lipinski definition) is 2. The smallest absolute Gasteiger partial charge is 0.0664 e. The lowest BCUT2D eigenvalue weighted by Crippen LogP contribution is -2.47. The largest absolute Gasteiger partial charge is 0.394 e. The van der Waals surface area contributed by atoms with Crippen LogP contribution in [0.5, 0.6) is 0 Å². The van der Waals surface area contributed by atoms with Crippen LogP contribution in [0.2, 0.25) is 0 Å². The summed E-state index contributed by atoms with van der Waals surface area (Å²) in [5.74, 6) is 0. The number of anilines is 1. The first-order valence-electron chi connectivity index (χ1n) is 6.92.